The molecule has 4 N–H and O–H groups in total. The van der Waals surface area contributed by atoms with Crippen molar-refractivity contribution in [1.29, 1.82) is 0 Å². The zero-order valence-corrected chi connectivity index (χ0v) is 10.4. The fourth-order valence-electron chi connectivity index (χ4n) is 1.42. The van der Waals surface area contributed by atoms with Crippen LogP contribution in [0.2, 0.25) is 0 Å². The molecule has 0 radical (unpaired) electrons. The highest BCUT2D eigenvalue weighted by atomic mass is 32.1. The number of thiazole rings is 1. The lowest BCUT2D eigenvalue weighted by atomic mass is 10.2. The van der Waals surface area contributed by atoms with Crippen molar-refractivity contribution in [1.82, 2.24) is 15.3 Å². The van der Waals surface area contributed by atoms with Gasteiger partial charge in [-0.3, -0.25) is 4.79 Å². The summed E-state index contributed by atoms with van der Waals surface area (Å²) in [4.78, 5) is 19.9. The van der Waals surface area contributed by atoms with Gasteiger partial charge < -0.3 is 10.7 Å². The van der Waals surface area contributed by atoms with Gasteiger partial charge in [0, 0.05) is 30.1 Å². The zero-order valence-electron chi connectivity index (χ0n) is 9.59. The van der Waals surface area contributed by atoms with Crippen LogP contribution in [0.1, 0.15) is 16.1 Å². The van der Waals surface area contributed by atoms with E-state index < -0.39 is 0 Å². The SMILES string of the molecule is NNc1cc(C(=O)NCCc2cscn2)ccn1. The first-order valence-electron chi connectivity index (χ1n) is 5.37. The van der Waals surface area contributed by atoms with Gasteiger partial charge in [0.15, 0.2) is 0 Å². The number of nitrogens with two attached hydrogens (primary N) is 1. The maximum atomic E-state index is 11.8. The summed E-state index contributed by atoms with van der Waals surface area (Å²) in [7, 11) is 0. The molecule has 0 aliphatic rings. The van der Waals surface area contributed by atoms with E-state index in [1.807, 2.05) is 5.38 Å². The fraction of sp³-hybridized carbons (Fsp3) is 0.182. The van der Waals surface area contributed by atoms with E-state index in [4.69, 9.17) is 5.84 Å². The Balaban J connectivity index is 1.87. The second-order valence-corrected chi connectivity index (χ2v) is 4.28. The lowest BCUT2D eigenvalue weighted by molar-refractivity contribution is 0.0954. The van der Waals surface area contributed by atoms with E-state index in [1.165, 1.54) is 6.20 Å². The lowest BCUT2D eigenvalue weighted by Crippen LogP contribution is -2.26. The Hall–Kier alpha value is -1.99. The van der Waals surface area contributed by atoms with Crippen LogP contribution >= 0.6 is 11.3 Å². The Morgan fingerprint density at radius 2 is 2.33 bits per heavy atom. The monoisotopic (exact) mass is 263 g/mol. The topological polar surface area (TPSA) is 92.9 Å². The highest BCUT2D eigenvalue weighted by Crippen LogP contribution is 2.05. The number of carbonyl (C=O) groups is 1. The minimum atomic E-state index is -0.149. The second kappa shape index (κ2) is 6.08. The predicted molar refractivity (Wildman–Crippen MR) is 70.2 cm³/mol. The van der Waals surface area contributed by atoms with Gasteiger partial charge in [0.05, 0.1) is 11.2 Å². The number of hydrogen-bond donors (Lipinski definition) is 3. The van der Waals surface area contributed by atoms with Crippen molar-refractivity contribution in [2.75, 3.05) is 12.0 Å². The molecule has 0 saturated heterocycles. The highest BCUT2D eigenvalue weighted by Gasteiger charge is 2.06. The molecule has 94 valence electrons. The molecule has 1 amide bonds. The molecule has 2 rings (SSSR count). The third-order valence-electron chi connectivity index (χ3n) is 2.32. The first-order valence-corrected chi connectivity index (χ1v) is 6.32. The van der Waals surface area contributed by atoms with E-state index in [-0.39, 0.29) is 5.91 Å². The predicted octanol–water partition coefficient (Wildman–Crippen LogP) is 0.796. The molecule has 0 aliphatic carbocycles. The average molecular weight is 263 g/mol. The molecule has 0 aromatic carbocycles. The molecule has 0 aliphatic heterocycles. The van der Waals surface area contributed by atoms with Crippen molar-refractivity contribution in [3.8, 4) is 0 Å². The average Bonchev–Trinajstić information content (AvgIpc) is 2.92. The number of nitrogens with one attached hydrogen (secondary N) is 2. The molecule has 0 spiro atoms. The summed E-state index contributed by atoms with van der Waals surface area (Å²) in [5.74, 6) is 5.54. The number of anilines is 1. The van der Waals surface area contributed by atoms with E-state index in [1.54, 1.807) is 29.0 Å². The van der Waals surface area contributed by atoms with Gasteiger partial charge in [0.25, 0.3) is 5.91 Å². The summed E-state index contributed by atoms with van der Waals surface area (Å²) in [6.07, 6.45) is 2.26. The quantitative estimate of drug-likeness (QED) is 0.548. The Kier molecular flexibility index (Phi) is 4.21. The van der Waals surface area contributed by atoms with Crippen LogP contribution in [0.5, 0.6) is 0 Å². The number of carbonyl (C=O) groups excluding carboxylic acids is 1. The number of nitrogen functional groups attached to an aromatic ring is 1. The minimum absolute atomic E-state index is 0.149. The summed E-state index contributed by atoms with van der Waals surface area (Å²) in [6.45, 7) is 0.552. The lowest BCUT2D eigenvalue weighted by Gasteiger charge is -2.05. The van der Waals surface area contributed by atoms with Crippen molar-refractivity contribution in [3.63, 3.8) is 0 Å². The first kappa shape index (κ1) is 12.5. The van der Waals surface area contributed by atoms with Gasteiger partial charge >= 0.3 is 0 Å². The van der Waals surface area contributed by atoms with Crippen molar-refractivity contribution >= 4 is 23.1 Å². The highest BCUT2D eigenvalue weighted by molar-refractivity contribution is 7.07. The molecule has 18 heavy (non-hydrogen) atoms. The smallest absolute Gasteiger partial charge is 0.251 e. The Morgan fingerprint density at radius 3 is 3.06 bits per heavy atom. The third-order valence-corrected chi connectivity index (χ3v) is 2.96. The largest absolute Gasteiger partial charge is 0.352 e. The summed E-state index contributed by atoms with van der Waals surface area (Å²) in [5, 5.41) is 4.79. The van der Waals surface area contributed by atoms with Crippen LogP contribution in [0.15, 0.2) is 29.2 Å². The van der Waals surface area contributed by atoms with E-state index >= 15 is 0 Å². The molecule has 0 saturated carbocycles. The van der Waals surface area contributed by atoms with Gasteiger partial charge in [-0.15, -0.1) is 11.3 Å². The van der Waals surface area contributed by atoms with Gasteiger partial charge in [0.2, 0.25) is 0 Å². The van der Waals surface area contributed by atoms with Gasteiger partial charge in [0.1, 0.15) is 5.82 Å². The van der Waals surface area contributed by atoms with Gasteiger partial charge in [-0.25, -0.2) is 15.8 Å². The minimum Gasteiger partial charge on any atom is -0.352 e. The first-order chi connectivity index (χ1) is 8.79. The summed E-state index contributed by atoms with van der Waals surface area (Å²) in [5.41, 5.74) is 5.69. The number of amides is 1. The molecule has 7 heteroatoms. The number of hydrogen-bond acceptors (Lipinski definition) is 6. The molecule has 0 fully saturated rings. The maximum Gasteiger partial charge on any atom is 0.251 e. The Bertz CT molecular complexity index is 514. The summed E-state index contributed by atoms with van der Waals surface area (Å²) < 4.78 is 0. The van der Waals surface area contributed by atoms with E-state index in [0.717, 1.165) is 12.1 Å². The summed E-state index contributed by atoms with van der Waals surface area (Å²) in [6, 6.07) is 3.23. The van der Waals surface area contributed by atoms with Gasteiger partial charge in [-0.05, 0) is 12.1 Å². The molecular formula is C11H13N5OS. The molecule has 2 aromatic heterocycles. The zero-order chi connectivity index (χ0) is 12.8. The number of hydrazine groups is 1. The molecular weight excluding hydrogens is 250 g/mol. The van der Waals surface area contributed by atoms with E-state index in [2.05, 4.69) is 20.7 Å². The van der Waals surface area contributed by atoms with Crippen LogP contribution < -0.4 is 16.6 Å². The standard InChI is InChI=1S/C11H13N5OS/c12-16-10-5-8(1-3-13-10)11(17)14-4-2-9-6-18-7-15-9/h1,3,5-7H,2,4,12H2,(H,13,16)(H,14,17). The van der Waals surface area contributed by atoms with Crippen molar-refractivity contribution in [2.24, 2.45) is 5.84 Å². The Morgan fingerprint density at radius 1 is 1.44 bits per heavy atom. The van der Waals surface area contributed by atoms with E-state index in [9.17, 15) is 4.79 Å². The molecule has 0 atom stereocenters. The van der Waals surface area contributed by atoms with Crippen molar-refractivity contribution in [3.05, 3.63) is 40.5 Å². The number of nitrogens with zero attached hydrogens (tertiary/aromatic N) is 2. The molecule has 2 heterocycles. The third kappa shape index (κ3) is 3.25. The van der Waals surface area contributed by atoms with Crippen LogP contribution in [0, 0.1) is 0 Å². The molecule has 2 aromatic rings. The molecule has 0 unspecified atom stereocenters. The van der Waals surface area contributed by atoms with E-state index in [0.29, 0.717) is 17.9 Å². The summed E-state index contributed by atoms with van der Waals surface area (Å²) >= 11 is 1.55. The van der Waals surface area contributed by atoms with Crippen LogP contribution in [-0.2, 0) is 6.42 Å². The van der Waals surface area contributed by atoms with Crippen LogP contribution in [0.25, 0.3) is 0 Å². The number of rotatable bonds is 5. The number of pyridine rings is 1. The Labute approximate surface area is 108 Å². The van der Waals surface area contributed by atoms with Gasteiger partial charge in [-0.1, -0.05) is 0 Å². The maximum absolute atomic E-state index is 11.8. The molecule has 0 bridgehead atoms. The fourth-order valence-corrected chi connectivity index (χ4v) is 2.01. The normalized spacial score (nSPS) is 10.1. The number of aromatic nitrogens is 2. The van der Waals surface area contributed by atoms with Gasteiger partial charge in [-0.2, -0.15) is 0 Å². The van der Waals surface area contributed by atoms with Crippen molar-refractivity contribution < 1.29 is 4.79 Å². The molecule has 6 nitrogen and oxygen atoms in total. The van der Waals surface area contributed by atoms with Crippen LogP contribution in [-0.4, -0.2) is 22.4 Å². The van der Waals surface area contributed by atoms with Crippen LogP contribution in [0.4, 0.5) is 5.82 Å². The van der Waals surface area contributed by atoms with Crippen LogP contribution in [0.3, 0.4) is 0 Å². The second-order valence-electron chi connectivity index (χ2n) is 3.56. The van der Waals surface area contributed by atoms with Crippen molar-refractivity contribution in [2.45, 2.75) is 6.42 Å².